The van der Waals surface area contributed by atoms with Gasteiger partial charge in [-0.3, -0.25) is 10.1 Å². The van der Waals surface area contributed by atoms with E-state index in [0.29, 0.717) is 6.04 Å². The van der Waals surface area contributed by atoms with Gasteiger partial charge in [-0.15, -0.1) is 0 Å². The van der Waals surface area contributed by atoms with Gasteiger partial charge in [0.2, 0.25) is 0 Å². The van der Waals surface area contributed by atoms with Crippen LogP contribution in [0.5, 0.6) is 0 Å². The summed E-state index contributed by atoms with van der Waals surface area (Å²) in [6.45, 7) is 1.99. The Morgan fingerprint density at radius 1 is 1.47 bits per heavy atom. The van der Waals surface area contributed by atoms with Crippen molar-refractivity contribution < 1.29 is 4.92 Å². The van der Waals surface area contributed by atoms with Gasteiger partial charge in [0.1, 0.15) is 0 Å². The van der Waals surface area contributed by atoms with Crippen LogP contribution in [0.1, 0.15) is 12.8 Å². The lowest BCUT2D eigenvalue weighted by Gasteiger charge is -2.26. The van der Waals surface area contributed by atoms with Crippen molar-refractivity contribution in [3.8, 4) is 0 Å². The van der Waals surface area contributed by atoms with E-state index in [9.17, 15) is 10.1 Å². The van der Waals surface area contributed by atoms with Gasteiger partial charge < -0.3 is 10.2 Å². The van der Waals surface area contributed by atoms with Gasteiger partial charge in [-0.25, -0.2) is 0 Å². The molecule has 2 rings (SSSR count). The molecule has 1 aromatic rings. The molecule has 5 heteroatoms. The number of hydrogen-bond acceptors (Lipinski definition) is 4. The number of nitro groups is 1. The molecule has 0 aromatic heterocycles. The molecule has 1 heterocycles. The maximum Gasteiger partial charge on any atom is 0.269 e. The lowest BCUT2D eigenvalue weighted by molar-refractivity contribution is -0.384. The van der Waals surface area contributed by atoms with Gasteiger partial charge in [-0.05, 0) is 32.0 Å². The molecule has 0 spiro atoms. The van der Waals surface area contributed by atoms with E-state index in [1.807, 2.05) is 19.2 Å². The molecule has 1 fully saturated rings. The van der Waals surface area contributed by atoms with Crippen LogP contribution in [-0.2, 0) is 0 Å². The largest absolute Gasteiger partial charge is 0.367 e. The van der Waals surface area contributed by atoms with Crippen LogP contribution >= 0.6 is 0 Å². The summed E-state index contributed by atoms with van der Waals surface area (Å²) in [4.78, 5) is 12.5. The molecule has 1 aromatic carbocycles. The van der Waals surface area contributed by atoms with Gasteiger partial charge in [-0.1, -0.05) is 0 Å². The van der Waals surface area contributed by atoms with E-state index in [1.165, 1.54) is 12.8 Å². The van der Waals surface area contributed by atoms with Gasteiger partial charge in [0.05, 0.1) is 4.92 Å². The Morgan fingerprint density at radius 2 is 2.18 bits per heavy atom. The van der Waals surface area contributed by atoms with E-state index in [-0.39, 0.29) is 10.6 Å². The molecule has 1 aliphatic rings. The van der Waals surface area contributed by atoms with E-state index in [2.05, 4.69) is 10.2 Å². The quantitative estimate of drug-likeness (QED) is 0.638. The summed E-state index contributed by atoms with van der Waals surface area (Å²) < 4.78 is 0. The van der Waals surface area contributed by atoms with Crippen LogP contribution in [0.15, 0.2) is 24.3 Å². The molecule has 1 N–H and O–H groups in total. The predicted octanol–water partition coefficient (Wildman–Crippen LogP) is 1.78. The summed E-state index contributed by atoms with van der Waals surface area (Å²) in [5, 5.41) is 13.8. The van der Waals surface area contributed by atoms with Crippen molar-refractivity contribution in [3.63, 3.8) is 0 Å². The number of non-ortho nitro benzene ring substituents is 1. The number of hydrogen-bond donors (Lipinski definition) is 1. The lowest BCUT2D eigenvalue weighted by Crippen LogP contribution is -2.36. The Kier molecular flexibility index (Phi) is 3.58. The van der Waals surface area contributed by atoms with Gasteiger partial charge >= 0.3 is 0 Å². The summed E-state index contributed by atoms with van der Waals surface area (Å²) in [5.41, 5.74) is 1.23. The summed E-state index contributed by atoms with van der Waals surface area (Å²) in [5.74, 6) is 0. The van der Waals surface area contributed by atoms with E-state index in [0.717, 1.165) is 18.8 Å². The average Bonchev–Trinajstić information content (AvgIpc) is 2.78. The maximum absolute atomic E-state index is 10.6. The molecule has 5 nitrogen and oxygen atoms in total. The molecule has 0 radical (unpaired) electrons. The second-order valence-corrected chi connectivity index (χ2v) is 4.32. The molecule has 1 aliphatic heterocycles. The number of nitrogens with one attached hydrogen (secondary N) is 1. The standard InChI is InChI=1S/C12H17N3O2/c1-13-9-12-3-2-8-14(12)10-4-6-11(7-5-10)15(16)17/h4-7,12-13H,2-3,8-9H2,1H3. The van der Waals surface area contributed by atoms with Gasteiger partial charge in [-0.2, -0.15) is 0 Å². The number of rotatable bonds is 4. The second kappa shape index (κ2) is 5.14. The van der Waals surface area contributed by atoms with Crippen molar-refractivity contribution in [2.75, 3.05) is 25.0 Å². The zero-order valence-corrected chi connectivity index (χ0v) is 9.93. The normalized spacial score (nSPS) is 19.6. The molecular weight excluding hydrogens is 218 g/mol. The lowest BCUT2D eigenvalue weighted by atomic mass is 10.2. The number of nitro benzene ring substituents is 1. The molecular formula is C12H17N3O2. The molecule has 92 valence electrons. The van der Waals surface area contributed by atoms with Crippen molar-refractivity contribution in [1.82, 2.24) is 5.32 Å². The van der Waals surface area contributed by atoms with Crippen LogP contribution in [0.25, 0.3) is 0 Å². The fourth-order valence-corrected chi connectivity index (χ4v) is 2.39. The topological polar surface area (TPSA) is 58.4 Å². The van der Waals surface area contributed by atoms with Crippen LogP contribution in [0.3, 0.4) is 0 Å². The third-order valence-corrected chi connectivity index (χ3v) is 3.21. The summed E-state index contributed by atoms with van der Waals surface area (Å²) >= 11 is 0. The molecule has 0 amide bonds. The third kappa shape index (κ3) is 2.55. The fraction of sp³-hybridized carbons (Fsp3) is 0.500. The Balaban J connectivity index is 2.13. The first-order valence-corrected chi connectivity index (χ1v) is 5.88. The Morgan fingerprint density at radius 3 is 2.76 bits per heavy atom. The second-order valence-electron chi connectivity index (χ2n) is 4.32. The first kappa shape index (κ1) is 11.9. The number of nitrogens with zero attached hydrogens (tertiary/aromatic N) is 2. The van der Waals surface area contributed by atoms with Crippen molar-refractivity contribution >= 4 is 11.4 Å². The Labute approximate surface area is 101 Å². The van der Waals surface area contributed by atoms with Crippen LogP contribution < -0.4 is 10.2 Å². The van der Waals surface area contributed by atoms with Crippen LogP contribution in [0.2, 0.25) is 0 Å². The SMILES string of the molecule is CNCC1CCCN1c1ccc([N+](=O)[O-])cc1. The van der Waals surface area contributed by atoms with Crippen LogP contribution in [0, 0.1) is 10.1 Å². The zero-order valence-electron chi connectivity index (χ0n) is 9.93. The number of benzene rings is 1. The number of likely N-dealkylation sites (N-methyl/N-ethyl adjacent to an activating group) is 1. The smallest absolute Gasteiger partial charge is 0.269 e. The minimum atomic E-state index is -0.362. The maximum atomic E-state index is 10.6. The van der Waals surface area contributed by atoms with Gasteiger partial charge in [0.15, 0.2) is 0 Å². The van der Waals surface area contributed by atoms with E-state index < -0.39 is 0 Å². The fourth-order valence-electron chi connectivity index (χ4n) is 2.39. The monoisotopic (exact) mass is 235 g/mol. The molecule has 0 saturated carbocycles. The van der Waals surface area contributed by atoms with Crippen LogP contribution in [-0.4, -0.2) is 31.1 Å². The molecule has 1 unspecified atom stereocenters. The van der Waals surface area contributed by atoms with Crippen molar-refractivity contribution in [2.24, 2.45) is 0 Å². The van der Waals surface area contributed by atoms with Crippen LogP contribution in [0.4, 0.5) is 11.4 Å². The van der Waals surface area contributed by atoms with Gasteiger partial charge in [0, 0.05) is 37.0 Å². The Hall–Kier alpha value is -1.62. The highest BCUT2D eigenvalue weighted by molar-refractivity contribution is 5.52. The first-order chi connectivity index (χ1) is 8.22. The van der Waals surface area contributed by atoms with E-state index in [4.69, 9.17) is 0 Å². The average molecular weight is 235 g/mol. The molecule has 0 aliphatic carbocycles. The molecule has 17 heavy (non-hydrogen) atoms. The zero-order chi connectivity index (χ0) is 12.3. The summed E-state index contributed by atoms with van der Waals surface area (Å²) in [6, 6.07) is 7.33. The van der Waals surface area contributed by atoms with Gasteiger partial charge in [0.25, 0.3) is 5.69 Å². The Bertz CT molecular complexity index is 391. The van der Waals surface area contributed by atoms with E-state index >= 15 is 0 Å². The molecule has 1 atom stereocenters. The predicted molar refractivity (Wildman–Crippen MR) is 67.4 cm³/mol. The highest BCUT2D eigenvalue weighted by Crippen LogP contribution is 2.26. The first-order valence-electron chi connectivity index (χ1n) is 5.88. The highest BCUT2D eigenvalue weighted by atomic mass is 16.6. The summed E-state index contributed by atoms with van der Waals surface area (Å²) in [6.07, 6.45) is 2.36. The van der Waals surface area contributed by atoms with Crippen molar-refractivity contribution in [2.45, 2.75) is 18.9 Å². The van der Waals surface area contributed by atoms with Crippen molar-refractivity contribution in [3.05, 3.63) is 34.4 Å². The van der Waals surface area contributed by atoms with Crippen molar-refractivity contribution in [1.29, 1.82) is 0 Å². The molecule has 0 bridgehead atoms. The number of anilines is 1. The highest BCUT2D eigenvalue weighted by Gasteiger charge is 2.24. The minimum absolute atomic E-state index is 0.151. The minimum Gasteiger partial charge on any atom is -0.367 e. The molecule has 1 saturated heterocycles. The third-order valence-electron chi connectivity index (χ3n) is 3.21. The summed E-state index contributed by atoms with van der Waals surface area (Å²) in [7, 11) is 1.95. The van der Waals surface area contributed by atoms with E-state index in [1.54, 1.807) is 12.1 Å².